The van der Waals surface area contributed by atoms with E-state index in [1.165, 1.54) is 13.2 Å². The molecule has 0 bridgehead atoms. The highest BCUT2D eigenvalue weighted by atomic mass is 19.1. The van der Waals surface area contributed by atoms with Crippen LogP contribution < -0.4 is 10.1 Å². The Morgan fingerprint density at radius 2 is 2.03 bits per heavy atom. The molecule has 0 spiro atoms. The lowest BCUT2D eigenvalue weighted by Crippen LogP contribution is -2.39. The summed E-state index contributed by atoms with van der Waals surface area (Å²) in [6, 6.07) is 10.1. The highest BCUT2D eigenvalue weighted by molar-refractivity contribution is 5.96. The molecule has 4 heterocycles. The van der Waals surface area contributed by atoms with E-state index in [0.29, 0.717) is 40.1 Å². The maximum absolute atomic E-state index is 13.8. The number of amides is 1. The van der Waals surface area contributed by atoms with Crippen LogP contribution in [0, 0.1) is 5.82 Å². The summed E-state index contributed by atoms with van der Waals surface area (Å²) < 4.78 is 24.7. The lowest BCUT2D eigenvalue weighted by atomic mass is 10.1. The minimum Gasteiger partial charge on any atom is -0.481 e. The predicted molar refractivity (Wildman–Crippen MR) is 125 cm³/mol. The third-order valence-corrected chi connectivity index (χ3v) is 5.99. The molecule has 2 N–H and O–H groups in total. The zero-order chi connectivity index (χ0) is 23.5. The summed E-state index contributed by atoms with van der Waals surface area (Å²) in [5.74, 6) is 0.899. The normalized spacial score (nSPS) is 15.0. The van der Waals surface area contributed by atoms with Gasteiger partial charge in [0.2, 0.25) is 5.88 Å². The SMILES string of the molecule is COc1ccc2nccc(NC(=O)OC3CCN(CCc4nc5c(F)cccc5[nH]4)CC3)c2n1. The number of ether oxygens (including phenoxy) is 2. The van der Waals surface area contributed by atoms with Gasteiger partial charge in [0.05, 0.1) is 23.8 Å². The highest BCUT2D eigenvalue weighted by Crippen LogP contribution is 2.23. The lowest BCUT2D eigenvalue weighted by molar-refractivity contribution is 0.0592. The number of aromatic nitrogens is 4. The summed E-state index contributed by atoms with van der Waals surface area (Å²) >= 11 is 0. The molecule has 3 aromatic heterocycles. The summed E-state index contributed by atoms with van der Waals surface area (Å²) in [4.78, 5) is 31.0. The van der Waals surface area contributed by atoms with Crippen LogP contribution >= 0.6 is 0 Å². The van der Waals surface area contributed by atoms with Crippen molar-refractivity contribution >= 4 is 33.8 Å². The molecule has 1 aliphatic rings. The molecule has 1 fully saturated rings. The van der Waals surface area contributed by atoms with E-state index in [1.807, 2.05) is 6.07 Å². The Morgan fingerprint density at radius 1 is 1.18 bits per heavy atom. The maximum Gasteiger partial charge on any atom is 0.411 e. The van der Waals surface area contributed by atoms with Gasteiger partial charge in [0.15, 0.2) is 5.82 Å². The number of para-hydroxylation sites is 1. The van der Waals surface area contributed by atoms with Crippen LogP contribution in [0.1, 0.15) is 18.7 Å². The number of benzene rings is 1. The topological polar surface area (TPSA) is 105 Å². The van der Waals surface area contributed by atoms with Crippen molar-refractivity contribution in [3.8, 4) is 5.88 Å². The lowest BCUT2D eigenvalue weighted by Gasteiger charge is -2.31. The number of fused-ring (bicyclic) bond motifs is 2. The molecule has 34 heavy (non-hydrogen) atoms. The molecule has 10 heteroatoms. The fourth-order valence-corrected chi connectivity index (χ4v) is 4.19. The molecule has 0 unspecified atom stereocenters. The third-order valence-electron chi connectivity index (χ3n) is 5.99. The van der Waals surface area contributed by atoms with Gasteiger partial charge < -0.3 is 19.4 Å². The zero-order valence-corrected chi connectivity index (χ0v) is 18.8. The predicted octanol–water partition coefficient (Wildman–Crippen LogP) is 3.91. The largest absolute Gasteiger partial charge is 0.481 e. The molecule has 9 nitrogen and oxygen atoms in total. The third kappa shape index (κ3) is 4.76. The number of rotatable bonds is 6. The number of nitrogens with zero attached hydrogens (tertiary/aromatic N) is 4. The molecular weight excluding hydrogens is 439 g/mol. The number of carbonyl (C=O) groups excluding carboxylic acids is 1. The molecular formula is C24H25FN6O3. The number of hydrogen-bond donors (Lipinski definition) is 2. The number of imidazole rings is 1. The number of methoxy groups -OCH3 is 1. The van der Waals surface area contributed by atoms with Gasteiger partial charge >= 0.3 is 6.09 Å². The van der Waals surface area contributed by atoms with Crippen molar-refractivity contribution in [3.05, 3.63) is 54.2 Å². The van der Waals surface area contributed by atoms with Crippen LogP contribution in [0.2, 0.25) is 0 Å². The quantitative estimate of drug-likeness (QED) is 0.446. The molecule has 0 aliphatic carbocycles. The van der Waals surface area contributed by atoms with Crippen LogP contribution in [0.4, 0.5) is 14.9 Å². The van der Waals surface area contributed by atoms with Gasteiger partial charge in [-0.3, -0.25) is 10.3 Å². The second-order valence-corrected chi connectivity index (χ2v) is 8.22. The minimum absolute atomic E-state index is 0.160. The van der Waals surface area contributed by atoms with Crippen molar-refractivity contribution in [2.24, 2.45) is 0 Å². The smallest absolute Gasteiger partial charge is 0.411 e. The van der Waals surface area contributed by atoms with E-state index < -0.39 is 6.09 Å². The molecule has 1 aromatic carbocycles. The summed E-state index contributed by atoms with van der Waals surface area (Å²) in [6.45, 7) is 2.42. The Bertz CT molecular complexity index is 1320. The van der Waals surface area contributed by atoms with Crippen molar-refractivity contribution in [3.63, 3.8) is 0 Å². The Kier molecular flexibility index (Phi) is 6.22. The van der Waals surface area contributed by atoms with Crippen LogP contribution in [0.5, 0.6) is 5.88 Å². The van der Waals surface area contributed by atoms with Crippen molar-refractivity contribution in [2.75, 3.05) is 32.1 Å². The number of H-pyrrole nitrogens is 1. The van der Waals surface area contributed by atoms with Gasteiger partial charge in [0.25, 0.3) is 0 Å². The molecule has 4 aromatic rings. The Balaban J connectivity index is 1.12. The van der Waals surface area contributed by atoms with E-state index in [9.17, 15) is 9.18 Å². The van der Waals surface area contributed by atoms with Crippen molar-refractivity contribution in [1.29, 1.82) is 0 Å². The van der Waals surface area contributed by atoms with Crippen LogP contribution in [-0.4, -0.2) is 63.8 Å². The fourth-order valence-electron chi connectivity index (χ4n) is 4.19. The molecule has 1 amide bonds. The number of halogens is 1. The van der Waals surface area contributed by atoms with Gasteiger partial charge in [-0.15, -0.1) is 0 Å². The van der Waals surface area contributed by atoms with Crippen molar-refractivity contribution in [1.82, 2.24) is 24.8 Å². The van der Waals surface area contributed by atoms with E-state index in [0.717, 1.165) is 38.3 Å². The first kappa shape index (κ1) is 22.0. The van der Waals surface area contributed by atoms with Crippen LogP contribution in [0.3, 0.4) is 0 Å². The number of anilines is 1. The van der Waals surface area contributed by atoms with Crippen LogP contribution in [-0.2, 0) is 11.2 Å². The fraction of sp³-hybridized carbons (Fsp3) is 0.333. The van der Waals surface area contributed by atoms with Gasteiger partial charge in [-0.2, -0.15) is 0 Å². The van der Waals surface area contributed by atoms with E-state index in [2.05, 4.69) is 30.2 Å². The molecule has 1 saturated heterocycles. The first-order valence-corrected chi connectivity index (χ1v) is 11.2. The number of likely N-dealkylation sites (tertiary alicyclic amines) is 1. The molecule has 5 rings (SSSR count). The summed E-state index contributed by atoms with van der Waals surface area (Å²) in [7, 11) is 1.54. The number of hydrogen-bond acceptors (Lipinski definition) is 7. The highest BCUT2D eigenvalue weighted by Gasteiger charge is 2.23. The number of carbonyl (C=O) groups is 1. The van der Waals surface area contributed by atoms with Gasteiger partial charge in [0, 0.05) is 38.3 Å². The van der Waals surface area contributed by atoms with Gasteiger partial charge in [-0.1, -0.05) is 6.07 Å². The van der Waals surface area contributed by atoms with E-state index in [1.54, 1.807) is 30.5 Å². The van der Waals surface area contributed by atoms with Gasteiger partial charge in [-0.05, 0) is 37.1 Å². The summed E-state index contributed by atoms with van der Waals surface area (Å²) in [6.07, 6.45) is 3.12. The van der Waals surface area contributed by atoms with Crippen LogP contribution in [0.25, 0.3) is 22.1 Å². The van der Waals surface area contributed by atoms with Gasteiger partial charge in [0.1, 0.15) is 23.0 Å². The molecule has 176 valence electrons. The number of pyridine rings is 2. The first-order chi connectivity index (χ1) is 16.6. The average Bonchev–Trinajstić information content (AvgIpc) is 3.28. The molecule has 1 aliphatic heterocycles. The van der Waals surface area contributed by atoms with Gasteiger partial charge in [-0.25, -0.2) is 19.2 Å². The molecule has 0 saturated carbocycles. The second-order valence-electron chi connectivity index (χ2n) is 8.22. The Hall–Kier alpha value is -3.79. The Labute approximate surface area is 195 Å². The number of piperidine rings is 1. The van der Waals surface area contributed by atoms with Crippen molar-refractivity contribution < 1.29 is 18.7 Å². The average molecular weight is 465 g/mol. The maximum atomic E-state index is 13.8. The number of aromatic amines is 1. The zero-order valence-electron chi connectivity index (χ0n) is 18.8. The second kappa shape index (κ2) is 9.60. The minimum atomic E-state index is -0.514. The van der Waals surface area contributed by atoms with E-state index >= 15 is 0 Å². The van der Waals surface area contributed by atoms with E-state index in [4.69, 9.17) is 9.47 Å². The standard InChI is InChI=1S/C24H25FN6O3/c1-33-21-6-5-17-23(30-21)19(7-11-26-17)28-24(32)34-15-8-12-31(13-9-15)14-10-20-27-18-4-2-3-16(25)22(18)29-20/h2-7,11,15H,8-10,12-14H2,1H3,(H,27,29)(H,26,28,32). The summed E-state index contributed by atoms with van der Waals surface area (Å²) in [5, 5.41) is 2.78. The van der Waals surface area contributed by atoms with E-state index in [-0.39, 0.29) is 11.9 Å². The van der Waals surface area contributed by atoms with Crippen LogP contribution in [0.15, 0.2) is 42.6 Å². The monoisotopic (exact) mass is 464 g/mol. The Morgan fingerprint density at radius 3 is 2.82 bits per heavy atom. The molecule has 0 atom stereocenters. The summed E-state index contributed by atoms with van der Waals surface area (Å²) in [5.41, 5.74) is 2.81. The first-order valence-electron chi connectivity index (χ1n) is 11.2. The van der Waals surface area contributed by atoms with Crippen molar-refractivity contribution in [2.45, 2.75) is 25.4 Å². The number of nitrogens with one attached hydrogen (secondary N) is 2. The molecule has 0 radical (unpaired) electrons.